The third-order valence-electron chi connectivity index (χ3n) is 2.92. The van der Waals surface area contributed by atoms with Gasteiger partial charge in [0.05, 0.1) is 5.75 Å². The summed E-state index contributed by atoms with van der Waals surface area (Å²) >= 11 is 0. The van der Waals surface area contributed by atoms with Crippen LogP contribution in [0.5, 0.6) is 0 Å². The molecule has 0 saturated heterocycles. The summed E-state index contributed by atoms with van der Waals surface area (Å²) in [6.07, 6.45) is 2.73. The normalized spacial score (nSPS) is 21.0. The van der Waals surface area contributed by atoms with Crippen LogP contribution in [0.2, 0.25) is 0 Å². The van der Waals surface area contributed by atoms with Gasteiger partial charge in [-0.3, -0.25) is 0 Å². The summed E-state index contributed by atoms with van der Waals surface area (Å²) in [4.78, 5) is 0. The zero-order chi connectivity index (χ0) is 10.9. The molecule has 1 aromatic carbocycles. The molecule has 1 aliphatic rings. The van der Waals surface area contributed by atoms with Crippen molar-refractivity contribution in [3.63, 3.8) is 0 Å². The van der Waals surface area contributed by atoms with Crippen LogP contribution < -0.4 is 5.14 Å². The highest BCUT2D eigenvalue weighted by atomic mass is 32.2. The lowest BCUT2D eigenvalue weighted by Crippen LogP contribution is -2.27. The van der Waals surface area contributed by atoms with Crippen molar-refractivity contribution in [2.45, 2.75) is 19.3 Å². The van der Waals surface area contributed by atoms with Gasteiger partial charge in [0, 0.05) is 0 Å². The lowest BCUT2D eigenvalue weighted by atomic mass is 9.85. The number of rotatable bonds is 2. The van der Waals surface area contributed by atoms with Crippen molar-refractivity contribution in [3.05, 3.63) is 35.4 Å². The molecule has 2 rings (SSSR count). The Kier molecular flexibility index (Phi) is 2.80. The first kappa shape index (κ1) is 10.6. The SMILES string of the molecule is NS(=O)(=O)CC1CCc2ccccc2C1. The van der Waals surface area contributed by atoms with Crippen molar-refractivity contribution in [2.24, 2.45) is 11.1 Å². The first-order chi connectivity index (χ1) is 7.04. The van der Waals surface area contributed by atoms with Gasteiger partial charge in [-0.2, -0.15) is 0 Å². The smallest absolute Gasteiger partial charge is 0.209 e. The maximum absolute atomic E-state index is 11.0. The van der Waals surface area contributed by atoms with Crippen molar-refractivity contribution in [1.82, 2.24) is 0 Å². The van der Waals surface area contributed by atoms with Crippen LogP contribution in [0, 0.1) is 5.92 Å². The van der Waals surface area contributed by atoms with Gasteiger partial charge in [0.15, 0.2) is 0 Å². The van der Waals surface area contributed by atoms with Crippen LogP contribution in [0.3, 0.4) is 0 Å². The topological polar surface area (TPSA) is 60.2 Å². The minimum Gasteiger partial charge on any atom is -0.229 e. The molecule has 0 aromatic heterocycles. The molecule has 1 unspecified atom stereocenters. The van der Waals surface area contributed by atoms with E-state index >= 15 is 0 Å². The Morgan fingerprint density at radius 3 is 2.60 bits per heavy atom. The number of hydrogen-bond acceptors (Lipinski definition) is 2. The molecule has 4 heteroatoms. The molecule has 2 N–H and O–H groups in total. The second-order valence-electron chi connectivity index (χ2n) is 4.21. The van der Waals surface area contributed by atoms with Crippen LogP contribution in [-0.4, -0.2) is 14.2 Å². The van der Waals surface area contributed by atoms with E-state index in [2.05, 4.69) is 12.1 Å². The quantitative estimate of drug-likeness (QED) is 0.818. The van der Waals surface area contributed by atoms with Crippen LogP contribution in [-0.2, 0) is 22.9 Å². The fraction of sp³-hybridized carbons (Fsp3) is 0.455. The summed E-state index contributed by atoms with van der Waals surface area (Å²) in [6.45, 7) is 0. The summed E-state index contributed by atoms with van der Waals surface area (Å²) in [6, 6.07) is 8.21. The van der Waals surface area contributed by atoms with Crippen LogP contribution in [0.4, 0.5) is 0 Å². The molecular weight excluding hydrogens is 210 g/mol. The van der Waals surface area contributed by atoms with E-state index in [1.165, 1.54) is 11.1 Å². The molecule has 3 nitrogen and oxygen atoms in total. The number of hydrogen-bond donors (Lipinski definition) is 1. The number of primary sulfonamides is 1. The second kappa shape index (κ2) is 3.94. The summed E-state index contributed by atoms with van der Waals surface area (Å²) in [5.41, 5.74) is 2.63. The van der Waals surface area contributed by atoms with Gasteiger partial charge in [0.2, 0.25) is 10.0 Å². The van der Waals surface area contributed by atoms with Crippen LogP contribution >= 0.6 is 0 Å². The molecular formula is C11H15NO2S. The minimum atomic E-state index is -3.33. The number of benzene rings is 1. The van der Waals surface area contributed by atoms with Gasteiger partial charge >= 0.3 is 0 Å². The van der Waals surface area contributed by atoms with Crippen molar-refractivity contribution in [1.29, 1.82) is 0 Å². The van der Waals surface area contributed by atoms with E-state index in [9.17, 15) is 8.42 Å². The Hall–Kier alpha value is -0.870. The lowest BCUT2D eigenvalue weighted by molar-refractivity contribution is 0.492. The summed E-state index contributed by atoms with van der Waals surface area (Å²) < 4.78 is 22.0. The number of sulfonamides is 1. The van der Waals surface area contributed by atoms with Gasteiger partial charge in [-0.1, -0.05) is 24.3 Å². The Bertz CT molecular complexity index is 453. The molecule has 0 fully saturated rings. The average Bonchev–Trinajstić information content (AvgIpc) is 2.15. The van der Waals surface area contributed by atoms with Crippen molar-refractivity contribution < 1.29 is 8.42 Å². The third-order valence-corrected chi connectivity index (χ3v) is 3.85. The maximum atomic E-state index is 11.0. The van der Waals surface area contributed by atoms with E-state index < -0.39 is 10.0 Å². The van der Waals surface area contributed by atoms with Gasteiger partial charge in [0.1, 0.15) is 0 Å². The zero-order valence-electron chi connectivity index (χ0n) is 8.52. The predicted octanol–water partition coefficient (Wildman–Crippen LogP) is 1.08. The highest BCUT2D eigenvalue weighted by molar-refractivity contribution is 7.89. The molecule has 0 heterocycles. The van der Waals surface area contributed by atoms with Gasteiger partial charge in [-0.05, 0) is 36.3 Å². The average molecular weight is 225 g/mol. The number of nitrogens with two attached hydrogens (primary N) is 1. The molecule has 0 radical (unpaired) electrons. The van der Waals surface area contributed by atoms with Crippen LogP contribution in [0.15, 0.2) is 24.3 Å². The van der Waals surface area contributed by atoms with Crippen LogP contribution in [0.1, 0.15) is 17.5 Å². The number of fused-ring (bicyclic) bond motifs is 1. The molecule has 0 saturated carbocycles. The van der Waals surface area contributed by atoms with Crippen molar-refractivity contribution in [3.8, 4) is 0 Å². The minimum absolute atomic E-state index is 0.112. The molecule has 15 heavy (non-hydrogen) atoms. The first-order valence-corrected chi connectivity index (χ1v) is 6.83. The van der Waals surface area contributed by atoms with Gasteiger partial charge in [-0.25, -0.2) is 13.6 Å². The molecule has 0 spiro atoms. The summed E-state index contributed by atoms with van der Waals surface area (Å²) in [5, 5.41) is 5.06. The van der Waals surface area contributed by atoms with Crippen LogP contribution in [0.25, 0.3) is 0 Å². The fourth-order valence-corrected chi connectivity index (χ4v) is 3.19. The van der Waals surface area contributed by atoms with E-state index in [1.54, 1.807) is 0 Å². The monoisotopic (exact) mass is 225 g/mol. The molecule has 1 aliphatic carbocycles. The molecule has 82 valence electrons. The van der Waals surface area contributed by atoms with Gasteiger partial charge in [-0.15, -0.1) is 0 Å². The third kappa shape index (κ3) is 2.79. The highest BCUT2D eigenvalue weighted by Crippen LogP contribution is 2.25. The van der Waals surface area contributed by atoms with Crippen molar-refractivity contribution >= 4 is 10.0 Å². The number of aryl methyl sites for hydroxylation is 1. The molecule has 0 amide bonds. The predicted molar refractivity (Wildman–Crippen MR) is 59.9 cm³/mol. The van der Waals surface area contributed by atoms with E-state index in [0.717, 1.165) is 19.3 Å². The maximum Gasteiger partial charge on any atom is 0.209 e. The first-order valence-electron chi connectivity index (χ1n) is 5.12. The lowest BCUT2D eigenvalue weighted by Gasteiger charge is -2.23. The summed E-state index contributed by atoms with van der Waals surface area (Å²) in [7, 11) is -3.33. The summed E-state index contributed by atoms with van der Waals surface area (Å²) in [5.74, 6) is 0.302. The Morgan fingerprint density at radius 2 is 1.93 bits per heavy atom. The fourth-order valence-electron chi connectivity index (χ4n) is 2.24. The Balaban J connectivity index is 2.12. The molecule has 1 aromatic rings. The van der Waals surface area contributed by atoms with E-state index in [-0.39, 0.29) is 11.7 Å². The molecule has 0 aliphatic heterocycles. The Labute approximate surface area is 90.4 Å². The van der Waals surface area contributed by atoms with Gasteiger partial charge < -0.3 is 0 Å². The Morgan fingerprint density at radius 1 is 1.27 bits per heavy atom. The zero-order valence-corrected chi connectivity index (χ0v) is 9.33. The van der Waals surface area contributed by atoms with E-state index in [0.29, 0.717) is 0 Å². The van der Waals surface area contributed by atoms with Crippen molar-refractivity contribution in [2.75, 3.05) is 5.75 Å². The highest BCUT2D eigenvalue weighted by Gasteiger charge is 2.21. The second-order valence-corrected chi connectivity index (χ2v) is 5.87. The molecule has 0 bridgehead atoms. The largest absolute Gasteiger partial charge is 0.229 e. The van der Waals surface area contributed by atoms with E-state index in [1.807, 2.05) is 12.1 Å². The van der Waals surface area contributed by atoms with E-state index in [4.69, 9.17) is 5.14 Å². The van der Waals surface area contributed by atoms with Gasteiger partial charge in [0.25, 0.3) is 0 Å². The standard InChI is InChI=1S/C11H15NO2S/c12-15(13,14)8-9-5-6-10-3-1-2-4-11(10)7-9/h1-4,9H,5-8H2,(H2,12,13,14). The molecule has 1 atom stereocenters.